The van der Waals surface area contributed by atoms with Crippen molar-refractivity contribution in [1.29, 1.82) is 0 Å². The first-order valence-electron chi connectivity index (χ1n) is 20.5. The Bertz CT molecular complexity index is 771. The second-order valence-electron chi connectivity index (χ2n) is 13.7. The van der Waals surface area contributed by atoms with Gasteiger partial charge in [-0.15, -0.1) is 0 Å². The average Bonchev–Trinajstić information content (AvgIpc) is 3.09. The number of rotatable bonds is 37. The molecule has 5 nitrogen and oxygen atoms in total. The highest BCUT2D eigenvalue weighted by Gasteiger charge is 2.16. The lowest BCUT2D eigenvalue weighted by Crippen LogP contribution is -2.28. The van der Waals surface area contributed by atoms with Crippen molar-refractivity contribution >= 4 is 11.9 Å². The van der Waals surface area contributed by atoms with Gasteiger partial charge in [0.05, 0.1) is 6.61 Å². The van der Waals surface area contributed by atoms with Crippen LogP contribution in [0.5, 0.6) is 0 Å². The summed E-state index contributed by atoms with van der Waals surface area (Å²) >= 11 is 0. The van der Waals surface area contributed by atoms with Crippen molar-refractivity contribution in [3.05, 3.63) is 36.5 Å². The van der Waals surface area contributed by atoms with Gasteiger partial charge in [-0.05, 0) is 44.9 Å². The number of hydrogen-bond acceptors (Lipinski definition) is 5. The highest BCUT2D eigenvalue weighted by Crippen LogP contribution is 2.15. The first-order chi connectivity index (χ1) is 23.6. The zero-order valence-electron chi connectivity index (χ0n) is 31.7. The standard InChI is InChI=1S/C43H78O5/c1-3-5-7-9-11-13-15-17-19-21-23-25-27-29-31-33-35-37-42(45)47-40-41(39-44)48-43(46)38-36-34-32-30-28-26-24-22-20-18-16-14-12-10-8-6-4-2/h18,20,24,26,30,32,41,44H,3-17,19,21-23,25,27-29,31,33-40H2,1-2H3. The maximum atomic E-state index is 12.1. The van der Waals surface area contributed by atoms with Crippen LogP contribution in [0.15, 0.2) is 36.5 Å². The number of ether oxygens (including phenoxy) is 2. The van der Waals surface area contributed by atoms with Gasteiger partial charge in [-0.25, -0.2) is 0 Å². The molecule has 0 saturated heterocycles. The number of allylic oxidation sites excluding steroid dienone is 6. The van der Waals surface area contributed by atoms with Crippen LogP contribution in [0.3, 0.4) is 0 Å². The SMILES string of the molecule is CCCCCCCCC=CCC=CCC=CCCCC(=O)OC(CO)COC(=O)CCCCCCCCCCCCCCCCCCC. The Balaban J connectivity index is 3.60. The van der Waals surface area contributed by atoms with Crippen LogP contribution < -0.4 is 0 Å². The number of hydrogen-bond donors (Lipinski definition) is 1. The molecule has 0 aromatic heterocycles. The smallest absolute Gasteiger partial charge is 0.306 e. The van der Waals surface area contributed by atoms with Gasteiger partial charge >= 0.3 is 11.9 Å². The maximum absolute atomic E-state index is 12.1. The van der Waals surface area contributed by atoms with Crippen molar-refractivity contribution in [2.45, 2.75) is 213 Å². The molecule has 0 amide bonds. The molecule has 0 aliphatic heterocycles. The molecule has 0 fully saturated rings. The number of unbranched alkanes of at least 4 members (excludes halogenated alkanes) is 23. The van der Waals surface area contributed by atoms with E-state index in [1.807, 2.05) is 0 Å². The summed E-state index contributed by atoms with van der Waals surface area (Å²) in [5.74, 6) is -0.645. The Morgan fingerprint density at radius 2 is 0.854 bits per heavy atom. The predicted molar refractivity (Wildman–Crippen MR) is 205 cm³/mol. The third-order valence-electron chi connectivity index (χ3n) is 8.94. The first kappa shape index (κ1) is 46.1. The number of carbonyl (C=O) groups is 2. The van der Waals surface area contributed by atoms with Crippen LogP contribution in [0.25, 0.3) is 0 Å². The van der Waals surface area contributed by atoms with Gasteiger partial charge in [0.15, 0.2) is 6.10 Å². The molecule has 48 heavy (non-hydrogen) atoms. The van der Waals surface area contributed by atoms with Crippen molar-refractivity contribution in [1.82, 2.24) is 0 Å². The maximum Gasteiger partial charge on any atom is 0.306 e. The molecule has 0 spiro atoms. The normalized spacial score (nSPS) is 12.5. The molecule has 0 bridgehead atoms. The summed E-state index contributed by atoms with van der Waals surface area (Å²) in [6, 6.07) is 0. The second kappa shape index (κ2) is 39.6. The molecule has 0 aliphatic carbocycles. The van der Waals surface area contributed by atoms with Crippen LogP contribution in [0.1, 0.15) is 206 Å². The zero-order valence-corrected chi connectivity index (χ0v) is 31.7. The van der Waals surface area contributed by atoms with Gasteiger partial charge in [-0.2, -0.15) is 0 Å². The van der Waals surface area contributed by atoms with Crippen LogP contribution in [0.2, 0.25) is 0 Å². The highest BCUT2D eigenvalue weighted by molar-refractivity contribution is 5.70. The van der Waals surface area contributed by atoms with E-state index in [4.69, 9.17) is 9.47 Å². The molecule has 0 aliphatic rings. The lowest BCUT2D eigenvalue weighted by molar-refractivity contribution is -0.161. The molecule has 5 heteroatoms. The Morgan fingerprint density at radius 3 is 1.31 bits per heavy atom. The summed E-state index contributed by atoms with van der Waals surface area (Å²) in [6.07, 6.45) is 47.8. The number of carbonyl (C=O) groups excluding carboxylic acids is 2. The van der Waals surface area contributed by atoms with Crippen LogP contribution in [0.4, 0.5) is 0 Å². The van der Waals surface area contributed by atoms with Crippen LogP contribution in [0, 0.1) is 0 Å². The number of aliphatic hydroxyl groups is 1. The second-order valence-corrected chi connectivity index (χ2v) is 13.7. The lowest BCUT2D eigenvalue weighted by atomic mass is 10.0. The Hall–Kier alpha value is -1.88. The summed E-state index contributed by atoms with van der Waals surface area (Å²) in [4.78, 5) is 24.2. The van der Waals surface area contributed by atoms with E-state index in [0.717, 1.165) is 38.5 Å². The Morgan fingerprint density at radius 1 is 0.479 bits per heavy atom. The summed E-state index contributed by atoms with van der Waals surface area (Å²) < 4.78 is 10.6. The first-order valence-corrected chi connectivity index (χ1v) is 20.5. The molecular formula is C43H78O5. The third-order valence-corrected chi connectivity index (χ3v) is 8.94. The summed E-state index contributed by atoms with van der Waals surface area (Å²) in [5.41, 5.74) is 0. The van der Waals surface area contributed by atoms with Gasteiger partial charge in [0.1, 0.15) is 6.61 Å². The Kier molecular flexibility index (Phi) is 38.0. The topological polar surface area (TPSA) is 72.8 Å². The quantitative estimate of drug-likeness (QED) is 0.0403. The molecule has 1 atom stereocenters. The minimum atomic E-state index is -0.794. The molecule has 1 unspecified atom stereocenters. The third kappa shape index (κ3) is 36.9. The highest BCUT2D eigenvalue weighted by atomic mass is 16.6. The van der Waals surface area contributed by atoms with Gasteiger partial charge in [0.2, 0.25) is 0 Å². The van der Waals surface area contributed by atoms with Crippen molar-refractivity contribution < 1.29 is 24.2 Å². The largest absolute Gasteiger partial charge is 0.462 e. The summed E-state index contributed by atoms with van der Waals surface area (Å²) in [7, 11) is 0. The van der Waals surface area contributed by atoms with Crippen LogP contribution >= 0.6 is 0 Å². The van der Waals surface area contributed by atoms with Gasteiger partial charge in [0, 0.05) is 12.8 Å². The van der Waals surface area contributed by atoms with E-state index in [9.17, 15) is 14.7 Å². The van der Waals surface area contributed by atoms with Gasteiger partial charge in [0.25, 0.3) is 0 Å². The van der Waals surface area contributed by atoms with E-state index in [0.29, 0.717) is 12.8 Å². The fraction of sp³-hybridized carbons (Fsp3) is 0.814. The van der Waals surface area contributed by atoms with E-state index in [2.05, 4.69) is 50.3 Å². The Labute approximate surface area is 297 Å². The molecule has 0 aromatic carbocycles. The summed E-state index contributed by atoms with van der Waals surface area (Å²) in [5, 5.41) is 9.55. The van der Waals surface area contributed by atoms with E-state index < -0.39 is 6.10 Å². The molecule has 0 radical (unpaired) electrons. The summed E-state index contributed by atoms with van der Waals surface area (Å²) in [6.45, 7) is 4.10. The zero-order chi connectivity index (χ0) is 35.0. The van der Waals surface area contributed by atoms with Gasteiger partial charge < -0.3 is 14.6 Å². The van der Waals surface area contributed by atoms with Crippen LogP contribution in [-0.2, 0) is 19.1 Å². The minimum Gasteiger partial charge on any atom is -0.462 e. The fourth-order valence-corrected chi connectivity index (χ4v) is 5.81. The van der Waals surface area contributed by atoms with Crippen LogP contribution in [-0.4, -0.2) is 36.4 Å². The van der Waals surface area contributed by atoms with Gasteiger partial charge in [-0.3, -0.25) is 9.59 Å². The molecule has 1 N–H and O–H groups in total. The molecule has 0 aromatic rings. The lowest BCUT2D eigenvalue weighted by Gasteiger charge is -2.15. The molecular weight excluding hydrogens is 596 g/mol. The minimum absolute atomic E-state index is 0.0828. The fourth-order valence-electron chi connectivity index (χ4n) is 5.81. The number of aliphatic hydroxyl groups excluding tert-OH is 1. The predicted octanol–water partition coefficient (Wildman–Crippen LogP) is 12.8. The molecule has 280 valence electrons. The average molecular weight is 675 g/mol. The molecule has 0 saturated carbocycles. The van der Waals surface area contributed by atoms with E-state index in [1.54, 1.807) is 0 Å². The molecule has 0 rings (SSSR count). The molecule has 0 heterocycles. The van der Waals surface area contributed by atoms with Gasteiger partial charge in [-0.1, -0.05) is 185 Å². The van der Waals surface area contributed by atoms with E-state index >= 15 is 0 Å². The van der Waals surface area contributed by atoms with E-state index in [-0.39, 0.29) is 31.6 Å². The number of esters is 2. The monoisotopic (exact) mass is 675 g/mol. The van der Waals surface area contributed by atoms with E-state index in [1.165, 1.54) is 135 Å². The van der Waals surface area contributed by atoms with Crippen molar-refractivity contribution in [2.24, 2.45) is 0 Å². The van der Waals surface area contributed by atoms with Crippen molar-refractivity contribution in [3.63, 3.8) is 0 Å². The van der Waals surface area contributed by atoms with Crippen molar-refractivity contribution in [3.8, 4) is 0 Å². The van der Waals surface area contributed by atoms with Crippen molar-refractivity contribution in [2.75, 3.05) is 13.2 Å².